The third kappa shape index (κ3) is 3.33. The number of fused-ring (bicyclic) bond motifs is 1. The molecule has 3 aromatic rings. The van der Waals surface area contributed by atoms with Crippen molar-refractivity contribution >= 4 is 33.1 Å². The SMILES string of the molecule is CN(C(=O)CN)c1cccc(COc2cccc3scnc23)c1. The number of carbonyl (C=O) groups excluding carboxylic acids is 1. The lowest BCUT2D eigenvalue weighted by molar-refractivity contribution is -0.117. The van der Waals surface area contributed by atoms with E-state index in [4.69, 9.17) is 10.5 Å². The molecule has 0 saturated heterocycles. The van der Waals surface area contributed by atoms with Crippen molar-refractivity contribution in [2.75, 3.05) is 18.5 Å². The minimum absolute atomic E-state index is 0.0109. The highest BCUT2D eigenvalue weighted by Gasteiger charge is 2.10. The number of thiazole rings is 1. The van der Waals surface area contributed by atoms with Crippen molar-refractivity contribution in [3.63, 3.8) is 0 Å². The molecule has 5 nitrogen and oxygen atoms in total. The molecule has 0 atom stereocenters. The Hall–Kier alpha value is -2.44. The monoisotopic (exact) mass is 327 g/mol. The molecule has 0 aliphatic heterocycles. The van der Waals surface area contributed by atoms with Crippen molar-refractivity contribution in [3.05, 3.63) is 53.5 Å². The summed E-state index contributed by atoms with van der Waals surface area (Å²) in [6.07, 6.45) is 0. The molecule has 23 heavy (non-hydrogen) atoms. The van der Waals surface area contributed by atoms with Crippen molar-refractivity contribution in [1.29, 1.82) is 0 Å². The Morgan fingerprint density at radius 1 is 1.30 bits per heavy atom. The third-order valence-electron chi connectivity index (χ3n) is 3.56. The Morgan fingerprint density at radius 2 is 2.13 bits per heavy atom. The van der Waals surface area contributed by atoms with E-state index >= 15 is 0 Å². The number of nitrogens with zero attached hydrogens (tertiary/aromatic N) is 2. The van der Waals surface area contributed by atoms with E-state index in [0.29, 0.717) is 6.61 Å². The van der Waals surface area contributed by atoms with Crippen LogP contribution in [0.3, 0.4) is 0 Å². The molecule has 0 unspecified atom stereocenters. The minimum Gasteiger partial charge on any atom is -0.487 e. The lowest BCUT2D eigenvalue weighted by Crippen LogP contribution is -2.32. The van der Waals surface area contributed by atoms with Crippen LogP contribution in [-0.2, 0) is 11.4 Å². The topological polar surface area (TPSA) is 68.5 Å². The summed E-state index contributed by atoms with van der Waals surface area (Å²) >= 11 is 1.59. The second-order valence-corrected chi connectivity index (χ2v) is 5.96. The summed E-state index contributed by atoms with van der Waals surface area (Å²) in [6.45, 7) is 0.401. The molecule has 2 aromatic carbocycles. The zero-order valence-corrected chi connectivity index (χ0v) is 13.5. The van der Waals surface area contributed by atoms with Gasteiger partial charge in [-0.15, -0.1) is 11.3 Å². The van der Waals surface area contributed by atoms with Gasteiger partial charge in [-0.3, -0.25) is 4.79 Å². The van der Waals surface area contributed by atoms with Crippen molar-refractivity contribution in [3.8, 4) is 5.75 Å². The first-order valence-electron chi connectivity index (χ1n) is 7.19. The van der Waals surface area contributed by atoms with E-state index in [2.05, 4.69) is 4.98 Å². The maximum Gasteiger partial charge on any atom is 0.240 e. The van der Waals surface area contributed by atoms with Gasteiger partial charge in [0.1, 0.15) is 17.9 Å². The number of aromatic nitrogens is 1. The quantitative estimate of drug-likeness (QED) is 0.782. The number of amides is 1. The number of benzene rings is 2. The number of hydrogen-bond donors (Lipinski definition) is 1. The molecule has 0 aliphatic rings. The predicted octanol–water partition coefficient (Wildman–Crippen LogP) is 2.80. The number of para-hydroxylation sites is 1. The molecule has 0 radical (unpaired) electrons. The van der Waals surface area contributed by atoms with E-state index in [1.165, 1.54) is 0 Å². The fourth-order valence-electron chi connectivity index (χ4n) is 2.27. The summed E-state index contributed by atoms with van der Waals surface area (Å²) in [5, 5.41) is 0. The van der Waals surface area contributed by atoms with Crippen LogP contribution in [0.4, 0.5) is 5.69 Å². The van der Waals surface area contributed by atoms with Crippen LogP contribution in [0.1, 0.15) is 5.56 Å². The molecule has 1 heterocycles. The van der Waals surface area contributed by atoms with Gasteiger partial charge >= 0.3 is 0 Å². The average Bonchev–Trinajstić information content (AvgIpc) is 3.08. The molecule has 1 amide bonds. The van der Waals surface area contributed by atoms with Gasteiger partial charge in [-0.2, -0.15) is 0 Å². The highest BCUT2D eigenvalue weighted by molar-refractivity contribution is 7.16. The Bertz CT molecular complexity index is 831. The van der Waals surface area contributed by atoms with E-state index in [9.17, 15) is 4.79 Å². The fourth-order valence-corrected chi connectivity index (χ4v) is 2.97. The first-order valence-corrected chi connectivity index (χ1v) is 8.07. The van der Waals surface area contributed by atoms with Gasteiger partial charge < -0.3 is 15.4 Å². The van der Waals surface area contributed by atoms with Crippen molar-refractivity contribution in [2.24, 2.45) is 5.73 Å². The predicted molar refractivity (Wildman–Crippen MR) is 92.9 cm³/mol. The van der Waals surface area contributed by atoms with Gasteiger partial charge in [0.15, 0.2) is 0 Å². The number of rotatable bonds is 5. The first kappa shape index (κ1) is 15.5. The number of likely N-dealkylation sites (N-methyl/N-ethyl adjacent to an activating group) is 1. The fraction of sp³-hybridized carbons (Fsp3) is 0.176. The van der Waals surface area contributed by atoms with Crippen LogP contribution in [0.5, 0.6) is 5.75 Å². The van der Waals surface area contributed by atoms with Crippen LogP contribution in [0.2, 0.25) is 0 Å². The highest BCUT2D eigenvalue weighted by Crippen LogP contribution is 2.27. The second kappa shape index (κ2) is 6.76. The van der Waals surface area contributed by atoms with E-state index in [0.717, 1.165) is 27.2 Å². The molecule has 0 spiro atoms. The third-order valence-corrected chi connectivity index (χ3v) is 4.36. The molecule has 0 fully saturated rings. The molecular weight excluding hydrogens is 310 g/mol. The molecule has 6 heteroatoms. The number of nitrogens with two attached hydrogens (primary N) is 1. The molecule has 1 aromatic heterocycles. The van der Waals surface area contributed by atoms with Crippen LogP contribution < -0.4 is 15.4 Å². The molecule has 0 aliphatic carbocycles. The summed E-state index contributed by atoms with van der Waals surface area (Å²) < 4.78 is 7.00. The van der Waals surface area contributed by atoms with E-state index < -0.39 is 0 Å². The number of hydrogen-bond acceptors (Lipinski definition) is 5. The Morgan fingerprint density at radius 3 is 2.96 bits per heavy atom. The number of anilines is 1. The van der Waals surface area contributed by atoms with E-state index in [-0.39, 0.29) is 12.5 Å². The van der Waals surface area contributed by atoms with Gasteiger partial charge in [0.25, 0.3) is 0 Å². The Balaban J connectivity index is 1.76. The summed E-state index contributed by atoms with van der Waals surface area (Å²) in [5.41, 5.74) is 9.87. The standard InChI is InChI=1S/C17H17N3O2S/c1-20(16(21)9-18)13-5-2-4-12(8-13)10-22-14-6-3-7-15-17(14)19-11-23-15/h2-8,11H,9-10,18H2,1H3. The number of ether oxygens (including phenoxy) is 1. The normalized spacial score (nSPS) is 10.7. The van der Waals surface area contributed by atoms with Gasteiger partial charge in [-0.1, -0.05) is 18.2 Å². The minimum atomic E-state index is -0.129. The number of carbonyl (C=O) groups is 1. The largest absolute Gasteiger partial charge is 0.487 e. The Kier molecular flexibility index (Phi) is 4.55. The summed E-state index contributed by atoms with van der Waals surface area (Å²) in [4.78, 5) is 17.6. The van der Waals surface area contributed by atoms with Gasteiger partial charge in [0, 0.05) is 12.7 Å². The van der Waals surface area contributed by atoms with Gasteiger partial charge in [-0.25, -0.2) is 4.98 Å². The Labute approximate surface area is 138 Å². The zero-order chi connectivity index (χ0) is 16.2. The maximum absolute atomic E-state index is 11.7. The molecular formula is C17H17N3O2S. The summed E-state index contributed by atoms with van der Waals surface area (Å²) in [5.74, 6) is 0.635. The van der Waals surface area contributed by atoms with Gasteiger partial charge in [-0.05, 0) is 29.8 Å². The maximum atomic E-state index is 11.7. The van der Waals surface area contributed by atoms with Crippen molar-refractivity contribution < 1.29 is 9.53 Å². The smallest absolute Gasteiger partial charge is 0.240 e. The zero-order valence-electron chi connectivity index (χ0n) is 12.7. The molecule has 2 N–H and O–H groups in total. The molecule has 0 bridgehead atoms. The van der Waals surface area contributed by atoms with E-state index in [1.54, 1.807) is 23.3 Å². The highest BCUT2D eigenvalue weighted by atomic mass is 32.1. The van der Waals surface area contributed by atoms with Crippen molar-refractivity contribution in [2.45, 2.75) is 6.61 Å². The van der Waals surface area contributed by atoms with Gasteiger partial charge in [0.2, 0.25) is 5.91 Å². The second-order valence-electron chi connectivity index (χ2n) is 5.07. The van der Waals surface area contributed by atoms with Crippen LogP contribution in [-0.4, -0.2) is 24.5 Å². The van der Waals surface area contributed by atoms with Gasteiger partial charge in [0.05, 0.1) is 16.8 Å². The van der Waals surface area contributed by atoms with Crippen LogP contribution in [0.25, 0.3) is 10.2 Å². The lowest BCUT2D eigenvalue weighted by atomic mass is 10.2. The van der Waals surface area contributed by atoms with Crippen molar-refractivity contribution in [1.82, 2.24) is 4.98 Å². The molecule has 118 valence electrons. The lowest BCUT2D eigenvalue weighted by Gasteiger charge is -2.17. The first-order chi connectivity index (χ1) is 11.2. The van der Waals surface area contributed by atoms with E-state index in [1.807, 2.05) is 48.0 Å². The van der Waals surface area contributed by atoms with Crippen LogP contribution >= 0.6 is 11.3 Å². The molecule has 0 saturated carbocycles. The van der Waals surface area contributed by atoms with Crippen LogP contribution in [0.15, 0.2) is 48.0 Å². The van der Waals surface area contributed by atoms with Crippen LogP contribution in [0, 0.1) is 0 Å². The average molecular weight is 327 g/mol. The summed E-state index contributed by atoms with van der Waals surface area (Å²) in [7, 11) is 1.71. The summed E-state index contributed by atoms with van der Waals surface area (Å²) in [6, 6.07) is 13.6. The molecule has 3 rings (SSSR count).